The molecule has 3 heterocycles. The normalized spacial score (nSPS) is 19.8. The molecule has 3 N–H and O–H groups in total. The van der Waals surface area contributed by atoms with Crippen molar-refractivity contribution in [3.8, 4) is 0 Å². The fourth-order valence-electron chi connectivity index (χ4n) is 4.36. The van der Waals surface area contributed by atoms with Gasteiger partial charge in [0, 0.05) is 16.0 Å². The predicted octanol–water partition coefficient (Wildman–Crippen LogP) is 4.51. The largest absolute Gasteiger partial charge is 0.448 e. The number of esters is 1. The minimum Gasteiger partial charge on any atom is -0.448 e. The summed E-state index contributed by atoms with van der Waals surface area (Å²) in [6.07, 6.45) is 0.955. The van der Waals surface area contributed by atoms with Crippen LogP contribution in [-0.4, -0.2) is 39.1 Å². The molecule has 2 atom stereocenters. The molecule has 3 aromatic rings. The first kappa shape index (κ1) is 26.2. The van der Waals surface area contributed by atoms with Gasteiger partial charge in [-0.05, 0) is 28.6 Å². The maximum absolute atomic E-state index is 13.7. The van der Waals surface area contributed by atoms with Crippen LogP contribution in [0.3, 0.4) is 0 Å². The van der Waals surface area contributed by atoms with Gasteiger partial charge in [-0.3, -0.25) is 14.5 Å². The fourth-order valence-corrected chi connectivity index (χ4v) is 6.93. The summed E-state index contributed by atoms with van der Waals surface area (Å²) in [5.41, 5.74) is 8.06. The number of aromatic nitrogens is 1. The van der Waals surface area contributed by atoms with Crippen molar-refractivity contribution in [3.05, 3.63) is 104 Å². The number of carbonyl (C=O) groups is 3. The molecule has 2 amide bonds. The molecule has 1 unspecified atom stereocenters. The highest BCUT2D eigenvalue weighted by molar-refractivity contribution is 9.11. The second-order valence-electron chi connectivity index (χ2n) is 8.66. The van der Waals surface area contributed by atoms with Gasteiger partial charge < -0.3 is 15.8 Å². The molecule has 2 aliphatic rings. The molecule has 1 fully saturated rings. The van der Waals surface area contributed by atoms with E-state index in [2.05, 4.69) is 26.2 Å². The second kappa shape index (κ2) is 11.1. The zero-order valence-electron chi connectivity index (χ0n) is 20.2. The van der Waals surface area contributed by atoms with E-state index in [1.165, 1.54) is 28.0 Å². The average molecular weight is 612 g/mol. The Morgan fingerprint density at radius 3 is 2.34 bits per heavy atom. The third-order valence-corrected chi connectivity index (χ3v) is 9.19. The van der Waals surface area contributed by atoms with E-state index in [4.69, 9.17) is 10.5 Å². The molecule has 0 saturated carbocycles. The van der Waals surface area contributed by atoms with Crippen LogP contribution in [0.15, 0.2) is 88.0 Å². The van der Waals surface area contributed by atoms with Gasteiger partial charge in [-0.15, -0.1) is 11.3 Å². The molecule has 2 aromatic carbocycles. The van der Waals surface area contributed by atoms with Crippen LogP contribution in [0.1, 0.15) is 29.0 Å². The quantitative estimate of drug-likeness (QED) is 0.299. The number of thiazole rings is 1. The number of anilines is 1. The second-order valence-corrected chi connectivity index (χ2v) is 11.4. The number of β-lactam (4-membered cyclic amide) rings is 1. The number of halogens is 1. The number of nitrogens with one attached hydrogen (secondary N) is 1. The number of nitrogen functional groups attached to an aromatic ring is 1. The first-order valence-electron chi connectivity index (χ1n) is 11.7. The lowest BCUT2D eigenvalue weighted by Gasteiger charge is -2.50. The molecule has 38 heavy (non-hydrogen) atoms. The number of benzene rings is 2. The van der Waals surface area contributed by atoms with Gasteiger partial charge in [0.15, 0.2) is 11.2 Å². The number of nitrogens with two attached hydrogens (primary N) is 1. The van der Waals surface area contributed by atoms with E-state index in [1.807, 2.05) is 60.7 Å². The number of fused-ring (bicyclic) bond motifs is 1. The Morgan fingerprint density at radius 2 is 1.79 bits per heavy atom. The van der Waals surface area contributed by atoms with Crippen molar-refractivity contribution in [2.24, 2.45) is 0 Å². The Bertz CT molecular complexity index is 1400. The molecule has 2 aliphatic heterocycles. The summed E-state index contributed by atoms with van der Waals surface area (Å²) in [4.78, 5) is 48.2. The summed E-state index contributed by atoms with van der Waals surface area (Å²) in [7, 11) is 0. The molecule has 0 spiro atoms. The van der Waals surface area contributed by atoms with Gasteiger partial charge in [-0.1, -0.05) is 88.4 Å². The molecule has 5 rings (SSSR count). The molecule has 0 aliphatic carbocycles. The lowest BCUT2D eigenvalue weighted by atomic mass is 10.0. The zero-order chi connectivity index (χ0) is 26.8. The highest BCUT2D eigenvalue weighted by Gasteiger charge is 2.55. The number of carbonyl (C=O) groups excluding carboxylic acids is 3. The SMILES string of the molecule is CC1=C(C(=O)OC(c2ccccc2)c2ccccc2)N2C(=O)C(NC(=O)Cc3cnc(N)s3)[C@H]2S/C1=C\Br. The van der Waals surface area contributed by atoms with Crippen molar-refractivity contribution in [2.75, 3.05) is 5.73 Å². The fraction of sp³-hybridized carbons (Fsp3) is 0.185. The van der Waals surface area contributed by atoms with Crippen molar-refractivity contribution in [3.63, 3.8) is 0 Å². The lowest BCUT2D eigenvalue weighted by molar-refractivity contribution is -0.154. The highest BCUT2D eigenvalue weighted by Crippen LogP contribution is 2.47. The molecular weight excluding hydrogens is 588 g/mol. The number of hydrogen-bond donors (Lipinski definition) is 2. The summed E-state index contributed by atoms with van der Waals surface area (Å²) in [6.45, 7) is 1.78. The minimum atomic E-state index is -0.782. The highest BCUT2D eigenvalue weighted by atomic mass is 79.9. The molecule has 1 saturated heterocycles. The third-order valence-electron chi connectivity index (χ3n) is 6.20. The van der Waals surface area contributed by atoms with E-state index in [9.17, 15) is 14.4 Å². The van der Waals surface area contributed by atoms with Crippen LogP contribution in [-0.2, 0) is 25.5 Å². The number of rotatable bonds is 7. The summed E-state index contributed by atoms with van der Waals surface area (Å²) < 4.78 is 6.08. The van der Waals surface area contributed by atoms with Crippen molar-refractivity contribution in [1.29, 1.82) is 0 Å². The van der Waals surface area contributed by atoms with Crippen LogP contribution in [0.25, 0.3) is 0 Å². The maximum atomic E-state index is 13.7. The van der Waals surface area contributed by atoms with Crippen LogP contribution in [0.4, 0.5) is 5.13 Å². The van der Waals surface area contributed by atoms with Crippen molar-refractivity contribution >= 4 is 61.9 Å². The van der Waals surface area contributed by atoms with Crippen LogP contribution in [0, 0.1) is 0 Å². The number of ether oxygens (including phenoxy) is 1. The van der Waals surface area contributed by atoms with Crippen LogP contribution in [0.5, 0.6) is 0 Å². The monoisotopic (exact) mass is 610 g/mol. The van der Waals surface area contributed by atoms with Gasteiger partial charge in [0.1, 0.15) is 17.1 Å². The summed E-state index contributed by atoms with van der Waals surface area (Å²) in [6, 6.07) is 18.1. The lowest BCUT2D eigenvalue weighted by Crippen LogP contribution is -2.70. The Labute approximate surface area is 236 Å². The van der Waals surface area contributed by atoms with Crippen LogP contribution < -0.4 is 11.1 Å². The van der Waals surface area contributed by atoms with Gasteiger partial charge in [-0.25, -0.2) is 9.78 Å². The number of amides is 2. The van der Waals surface area contributed by atoms with E-state index < -0.39 is 23.5 Å². The van der Waals surface area contributed by atoms with E-state index >= 15 is 0 Å². The van der Waals surface area contributed by atoms with Gasteiger partial charge in [0.05, 0.1) is 6.42 Å². The molecular formula is C27H23BrN4O4S2. The van der Waals surface area contributed by atoms with E-state index in [0.717, 1.165) is 16.0 Å². The first-order chi connectivity index (χ1) is 18.4. The third kappa shape index (κ3) is 5.13. The van der Waals surface area contributed by atoms with E-state index in [-0.39, 0.29) is 23.9 Å². The molecule has 11 heteroatoms. The van der Waals surface area contributed by atoms with E-state index in [1.54, 1.807) is 18.1 Å². The number of allylic oxidation sites excluding steroid dienone is 1. The summed E-state index contributed by atoms with van der Waals surface area (Å²) in [5.74, 6) is -1.30. The predicted molar refractivity (Wildman–Crippen MR) is 151 cm³/mol. The summed E-state index contributed by atoms with van der Waals surface area (Å²) in [5, 5.41) is 2.69. The smallest absolute Gasteiger partial charge is 0.356 e. The molecule has 8 nitrogen and oxygen atoms in total. The Kier molecular flexibility index (Phi) is 7.68. The topological polar surface area (TPSA) is 115 Å². The van der Waals surface area contributed by atoms with Crippen molar-refractivity contribution in [2.45, 2.75) is 30.9 Å². The van der Waals surface area contributed by atoms with Crippen LogP contribution in [0.2, 0.25) is 0 Å². The average Bonchev–Trinajstić information content (AvgIpc) is 3.35. The van der Waals surface area contributed by atoms with Crippen molar-refractivity contribution < 1.29 is 19.1 Å². The zero-order valence-corrected chi connectivity index (χ0v) is 23.4. The van der Waals surface area contributed by atoms with Gasteiger partial charge in [0.25, 0.3) is 5.91 Å². The number of thioether (sulfide) groups is 1. The van der Waals surface area contributed by atoms with Crippen LogP contribution >= 0.6 is 39.0 Å². The first-order valence-corrected chi connectivity index (χ1v) is 14.3. The van der Waals surface area contributed by atoms with Gasteiger partial charge in [-0.2, -0.15) is 0 Å². The van der Waals surface area contributed by atoms with E-state index in [0.29, 0.717) is 15.6 Å². The number of hydrogen-bond acceptors (Lipinski definition) is 8. The van der Waals surface area contributed by atoms with Gasteiger partial charge >= 0.3 is 5.97 Å². The standard InChI is InChI=1S/C27H23BrN4O4S2/c1-15-19(13-28)38-25-21(31-20(33)12-18-14-30-27(29)37-18)24(34)32(25)22(15)26(35)36-23(16-8-4-2-5-9-16)17-10-6-3-7-11-17/h2-11,13-14,21,23,25H,12H2,1H3,(H2,29,30)(H,31,33)/b19-13-/t21?,25-/m1/s1. The van der Waals surface area contributed by atoms with Gasteiger partial charge in [0.2, 0.25) is 5.91 Å². The Hall–Kier alpha value is -3.41. The molecule has 1 aromatic heterocycles. The minimum absolute atomic E-state index is 0.0662. The summed E-state index contributed by atoms with van der Waals surface area (Å²) >= 11 is 6.00. The Balaban J connectivity index is 1.38. The molecule has 194 valence electrons. The Morgan fingerprint density at radius 1 is 1.16 bits per heavy atom. The number of nitrogens with zero attached hydrogens (tertiary/aromatic N) is 2. The maximum Gasteiger partial charge on any atom is 0.356 e. The molecule has 0 bridgehead atoms. The molecule has 0 radical (unpaired) electrons. The van der Waals surface area contributed by atoms with Crippen molar-refractivity contribution in [1.82, 2.24) is 15.2 Å².